The third-order valence-electron chi connectivity index (χ3n) is 2.58. The van der Waals surface area contributed by atoms with E-state index in [0.29, 0.717) is 0 Å². The van der Waals surface area contributed by atoms with Gasteiger partial charge in [0.1, 0.15) is 18.1 Å². The Morgan fingerprint density at radius 2 is 1.79 bits per heavy atom. The molecule has 0 aliphatic carbocycles. The van der Waals surface area contributed by atoms with Crippen LogP contribution in [0.4, 0.5) is 22.0 Å². The van der Waals surface area contributed by atoms with E-state index < -0.39 is 45.9 Å². The lowest BCUT2D eigenvalue weighted by Crippen LogP contribution is -2.39. The molecular weight excluding hydrogens is 295 g/mol. The van der Waals surface area contributed by atoms with Gasteiger partial charge >= 0.3 is 0 Å². The van der Waals surface area contributed by atoms with Crippen molar-refractivity contribution in [3.63, 3.8) is 0 Å². The van der Waals surface area contributed by atoms with Gasteiger partial charge in [0, 0.05) is 5.92 Å². The van der Waals surface area contributed by atoms with Crippen molar-refractivity contribution >= 4 is 10.1 Å². The number of hydrogen-bond acceptors (Lipinski definition) is 2. The predicted octanol–water partition coefficient (Wildman–Crippen LogP) is 2.86. The molecule has 0 fully saturated rings. The molecule has 4 atom stereocenters. The molecule has 0 amide bonds. The Hall–Kier alpha value is -0.960. The second-order valence-electron chi connectivity index (χ2n) is 3.79. The van der Waals surface area contributed by atoms with E-state index in [4.69, 9.17) is 4.55 Å². The zero-order valence-electron chi connectivity index (χ0n) is 9.81. The molecule has 0 heterocycles. The van der Waals surface area contributed by atoms with Crippen molar-refractivity contribution in [3.05, 3.63) is 24.3 Å². The minimum atomic E-state index is -5.09. The van der Waals surface area contributed by atoms with Crippen LogP contribution in [0.1, 0.15) is 6.92 Å². The molecule has 3 unspecified atom stereocenters. The topological polar surface area (TPSA) is 54.4 Å². The summed E-state index contributed by atoms with van der Waals surface area (Å²) in [6.07, 6.45) is -6.03. The van der Waals surface area contributed by atoms with E-state index in [-0.39, 0.29) is 18.7 Å². The summed E-state index contributed by atoms with van der Waals surface area (Å²) >= 11 is 0. The molecule has 0 spiro atoms. The second-order valence-corrected chi connectivity index (χ2v) is 5.37. The minimum absolute atomic E-state index is 0.105. The molecule has 0 saturated carbocycles. The van der Waals surface area contributed by atoms with Crippen LogP contribution >= 0.6 is 0 Å². The highest BCUT2D eigenvalue weighted by atomic mass is 32.2. The average molecular weight is 308 g/mol. The number of halogens is 5. The lowest BCUT2D eigenvalue weighted by Gasteiger charge is -2.23. The lowest BCUT2D eigenvalue weighted by molar-refractivity contribution is 0.129. The maximum atomic E-state index is 13.6. The van der Waals surface area contributed by atoms with Gasteiger partial charge in [0.2, 0.25) is 0 Å². The largest absolute Gasteiger partial charge is 0.285 e. The first-order valence-corrected chi connectivity index (χ1v) is 6.57. The maximum absolute atomic E-state index is 13.6. The Labute approximate surface area is 107 Å². The second kappa shape index (κ2) is 7.59. The molecule has 1 N–H and O–H groups in total. The maximum Gasteiger partial charge on any atom is 0.274 e. The zero-order chi connectivity index (χ0) is 15.2. The highest BCUT2D eigenvalue weighted by Crippen LogP contribution is 2.27. The summed E-state index contributed by atoms with van der Waals surface area (Å²) in [7, 11) is -5.09. The first kappa shape index (κ1) is 18.0. The summed E-state index contributed by atoms with van der Waals surface area (Å²) in [5.74, 6) is -1.61. The van der Waals surface area contributed by atoms with Crippen LogP contribution in [-0.2, 0) is 10.1 Å². The third kappa shape index (κ3) is 4.90. The summed E-state index contributed by atoms with van der Waals surface area (Å²) in [5, 5.41) is -2.49. The van der Waals surface area contributed by atoms with E-state index >= 15 is 0 Å². The molecule has 0 aliphatic heterocycles. The summed E-state index contributed by atoms with van der Waals surface area (Å²) < 4.78 is 93.8. The zero-order valence-corrected chi connectivity index (χ0v) is 10.6. The van der Waals surface area contributed by atoms with Crippen LogP contribution in [-0.4, -0.2) is 37.2 Å². The molecule has 3 nitrogen and oxygen atoms in total. The van der Waals surface area contributed by atoms with Gasteiger partial charge in [-0.05, 0) is 11.6 Å². The number of rotatable bonds is 7. The summed E-state index contributed by atoms with van der Waals surface area (Å²) in [6, 6.07) is 0. The molecular formula is C10H13F5O3S. The van der Waals surface area contributed by atoms with Gasteiger partial charge in [0.15, 0.2) is 6.17 Å². The first-order chi connectivity index (χ1) is 8.70. The van der Waals surface area contributed by atoms with Crippen molar-refractivity contribution in [1.82, 2.24) is 0 Å². The molecule has 0 aliphatic rings. The molecule has 0 aromatic heterocycles. The predicted molar refractivity (Wildman–Crippen MR) is 59.7 cm³/mol. The fraction of sp³-hybridized carbons (Fsp3) is 0.600. The smallest absolute Gasteiger partial charge is 0.274 e. The van der Waals surface area contributed by atoms with E-state index in [9.17, 15) is 30.4 Å². The molecule has 0 rings (SSSR count). The molecule has 19 heavy (non-hydrogen) atoms. The monoisotopic (exact) mass is 308 g/mol. The van der Waals surface area contributed by atoms with E-state index in [0.717, 1.165) is 6.92 Å². The molecule has 0 saturated heterocycles. The lowest BCUT2D eigenvalue weighted by atomic mass is 9.93. The molecule has 0 aromatic rings. The van der Waals surface area contributed by atoms with E-state index in [2.05, 4.69) is 0 Å². The minimum Gasteiger partial charge on any atom is -0.285 e. The van der Waals surface area contributed by atoms with Crippen LogP contribution in [0.5, 0.6) is 0 Å². The van der Waals surface area contributed by atoms with Crippen molar-refractivity contribution in [2.75, 3.05) is 6.67 Å². The Balaban J connectivity index is 5.22. The highest BCUT2D eigenvalue weighted by Gasteiger charge is 2.40. The average Bonchev–Trinajstić information content (AvgIpc) is 2.34. The van der Waals surface area contributed by atoms with Crippen molar-refractivity contribution in [2.24, 2.45) is 5.92 Å². The molecule has 0 radical (unpaired) electrons. The SMILES string of the molecule is C[C@H](/C(=C/F)CF)C(F)C(F)C(C=CF)S(=O)(=O)O. The van der Waals surface area contributed by atoms with Crippen LogP contribution in [0.2, 0.25) is 0 Å². The first-order valence-electron chi connectivity index (χ1n) is 5.07. The quantitative estimate of drug-likeness (QED) is 0.581. The van der Waals surface area contributed by atoms with E-state index in [1.54, 1.807) is 0 Å². The standard InChI is InChI=1S/C10H13F5O3S/c1-6(7(4-12)5-13)9(14)10(15)8(2-3-11)19(16,17)18/h2-4,6,8-10H,5H2,1H3,(H,16,17,18)/b3-2?,7-4+/t6-,8?,9?,10?/m1/s1. The number of hydrogen-bond donors (Lipinski definition) is 1. The number of allylic oxidation sites excluding steroid dienone is 1. The Bertz CT molecular complexity index is 434. The van der Waals surface area contributed by atoms with Gasteiger partial charge in [-0.15, -0.1) is 0 Å². The van der Waals surface area contributed by atoms with E-state index in [1.165, 1.54) is 0 Å². The molecule has 112 valence electrons. The van der Waals surface area contributed by atoms with Gasteiger partial charge in [-0.3, -0.25) is 4.55 Å². The van der Waals surface area contributed by atoms with Gasteiger partial charge in [-0.2, -0.15) is 8.42 Å². The number of alkyl halides is 3. The Morgan fingerprint density at radius 3 is 2.11 bits per heavy atom. The molecule has 0 bridgehead atoms. The van der Waals surface area contributed by atoms with Crippen molar-refractivity contribution in [2.45, 2.75) is 24.5 Å². The summed E-state index contributed by atoms with van der Waals surface area (Å²) in [5.41, 5.74) is -0.714. The fourth-order valence-electron chi connectivity index (χ4n) is 1.35. The van der Waals surface area contributed by atoms with Crippen molar-refractivity contribution < 1.29 is 34.9 Å². The Kier molecular flexibility index (Phi) is 7.20. The summed E-state index contributed by atoms with van der Waals surface area (Å²) in [4.78, 5) is 0. The van der Waals surface area contributed by atoms with Crippen molar-refractivity contribution in [3.8, 4) is 0 Å². The van der Waals surface area contributed by atoms with Crippen molar-refractivity contribution in [1.29, 1.82) is 0 Å². The third-order valence-corrected chi connectivity index (χ3v) is 3.69. The highest BCUT2D eigenvalue weighted by molar-refractivity contribution is 7.86. The van der Waals surface area contributed by atoms with Gasteiger partial charge in [0.05, 0.1) is 12.7 Å². The van der Waals surface area contributed by atoms with Crippen LogP contribution in [0.3, 0.4) is 0 Å². The van der Waals surface area contributed by atoms with Gasteiger partial charge in [-0.1, -0.05) is 6.92 Å². The van der Waals surface area contributed by atoms with Gasteiger partial charge in [-0.25, -0.2) is 22.0 Å². The van der Waals surface area contributed by atoms with Gasteiger partial charge in [0.25, 0.3) is 10.1 Å². The van der Waals surface area contributed by atoms with Crippen LogP contribution in [0.25, 0.3) is 0 Å². The Morgan fingerprint density at radius 1 is 1.26 bits per heavy atom. The molecule has 9 heteroatoms. The fourth-order valence-corrected chi connectivity index (χ4v) is 2.09. The van der Waals surface area contributed by atoms with Crippen LogP contribution in [0, 0.1) is 5.92 Å². The van der Waals surface area contributed by atoms with Gasteiger partial charge < -0.3 is 0 Å². The van der Waals surface area contributed by atoms with E-state index in [1.807, 2.05) is 0 Å². The van der Waals surface area contributed by atoms with Crippen LogP contribution in [0.15, 0.2) is 24.3 Å². The normalized spacial score (nSPS) is 20.3. The van der Waals surface area contributed by atoms with Crippen LogP contribution < -0.4 is 0 Å². The molecule has 0 aromatic carbocycles. The summed E-state index contributed by atoms with van der Waals surface area (Å²) in [6.45, 7) is -0.456.